The van der Waals surface area contributed by atoms with Crippen LogP contribution in [0, 0.1) is 0 Å². The van der Waals surface area contributed by atoms with Crippen LogP contribution in [0.15, 0.2) is 53.9 Å². The van der Waals surface area contributed by atoms with Crippen LogP contribution in [0.25, 0.3) is 6.08 Å². The molecule has 202 valence electrons. The lowest BCUT2D eigenvalue weighted by atomic mass is 9.80. The minimum absolute atomic E-state index is 0.302. The summed E-state index contributed by atoms with van der Waals surface area (Å²) in [6.45, 7) is 7.51. The molecule has 0 bridgehead atoms. The van der Waals surface area contributed by atoms with Gasteiger partial charge in [0.25, 0.3) is 0 Å². The summed E-state index contributed by atoms with van der Waals surface area (Å²) in [4.78, 5) is 12.7. The lowest BCUT2D eigenvalue weighted by Crippen LogP contribution is -2.60. The third-order valence-corrected chi connectivity index (χ3v) is 7.30. The smallest absolute Gasteiger partial charge is 0.459 e. The molecule has 1 heterocycles. The van der Waals surface area contributed by atoms with Crippen molar-refractivity contribution in [2.45, 2.75) is 69.8 Å². The number of ether oxygens (including phenoxy) is 2. The second kappa shape index (κ2) is 10.5. The number of nitrogens with zero attached hydrogens (tertiary/aromatic N) is 1. The average Bonchev–Trinajstić information content (AvgIpc) is 2.76. The van der Waals surface area contributed by atoms with Gasteiger partial charge >= 0.3 is 12.3 Å². The molecule has 0 atom stereocenters. The topological polar surface area (TPSA) is 93.1 Å². The molecule has 1 fully saturated rings. The van der Waals surface area contributed by atoms with Crippen LogP contribution in [0.4, 0.5) is 13.2 Å². The van der Waals surface area contributed by atoms with Gasteiger partial charge in [-0.2, -0.15) is 5.06 Å². The molecule has 1 aliphatic rings. The summed E-state index contributed by atoms with van der Waals surface area (Å²) < 4.78 is 71.1. The first-order valence-corrected chi connectivity index (χ1v) is 13.2. The van der Waals surface area contributed by atoms with Crippen molar-refractivity contribution in [2.24, 2.45) is 0 Å². The third kappa shape index (κ3) is 8.05. The standard InChI is InChI=1S/C26H30F3NO6S/c1-24(2)15-22(16-25(3,4)30(24)32)35-23(31)20-9-5-18(6-10-20)13-14-37(33,34)17-19-7-11-21(12-8-19)36-26(27,28)29/h5-14,22,32H,15-17H2,1-4H3/b14-13+. The highest BCUT2D eigenvalue weighted by Crippen LogP contribution is 2.38. The van der Waals surface area contributed by atoms with E-state index in [2.05, 4.69) is 4.74 Å². The van der Waals surface area contributed by atoms with Crippen molar-refractivity contribution in [3.05, 3.63) is 70.6 Å². The second-order valence-corrected chi connectivity index (χ2v) is 12.2. The Morgan fingerprint density at radius 1 is 1.03 bits per heavy atom. The van der Waals surface area contributed by atoms with Gasteiger partial charge in [-0.25, -0.2) is 13.2 Å². The molecule has 2 aromatic rings. The summed E-state index contributed by atoms with van der Waals surface area (Å²) in [5.74, 6) is -1.35. The fraction of sp³-hybridized carbons (Fsp3) is 0.423. The molecule has 11 heteroatoms. The first-order chi connectivity index (χ1) is 17.0. The molecule has 7 nitrogen and oxygen atoms in total. The SMILES string of the molecule is CC1(C)CC(OC(=O)c2ccc(/C=C/S(=O)(=O)Cc3ccc(OC(F)(F)F)cc3)cc2)CC(C)(C)N1O. The highest BCUT2D eigenvalue weighted by atomic mass is 32.2. The number of hydrogen-bond acceptors (Lipinski definition) is 7. The summed E-state index contributed by atoms with van der Waals surface area (Å²) in [6, 6.07) is 10.8. The number of carbonyl (C=O) groups is 1. The molecule has 0 unspecified atom stereocenters. The minimum Gasteiger partial charge on any atom is -0.459 e. The van der Waals surface area contributed by atoms with Gasteiger partial charge in [0.1, 0.15) is 11.9 Å². The highest BCUT2D eigenvalue weighted by Gasteiger charge is 2.46. The van der Waals surface area contributed by atoms with E-state index in [9.17, 15) is 31.6 Å². The first-order valence-electron chi connectivity index (χ1n) is 11.5. The molecule has 0 amide bonds. The largest absolute Gasteiger partial charge is 0.573 e. The molecule has 3 rings (SSSR count). The first kappa shape index (κ1) is 28.7. The summed E-state index contributed by atoms with van der Waals surface area (Å²) in [7, 11) is -3.71. The van der Waals surface area contributed by atoms with E-state index in [-0.39, 0.29) is 6.10 Å². The van der Waals surface area contributed by atoms with Crippen molar-refractivity contribution >= 4 is 21.9 Å². The Hall–Kier alpha value is -2.89. The van der Waals surface area contributed by atoms with Gasteiger partial charge in [-0.3, -0.25) is 0 Å². The number of rotatable bonds is 7. The predicted octanol–water partition coefficient (Wildman–Crippen LogP) is 5.74. The van der Waals surface area contributed by atoms with Crippen LogP contribution in [-0.2, 0) is 20.3 Å². The molecule has 0 aliphatic carbocycles. The van der Waals surface area contributed by atoms with E-state index >= 15 is 0 Å². The Morgan fingerprint density at radius 2 is 1.57 bits per heavy atom. The van der Waals surface area contributed by atoms with Gasteiger partial charge in [0.05, 0.1) is 11.3 Å². The molecule has 1 aliphatic heterocycles. The zero-order valence-electron chi connectivity index (χ0n) is 20.9. The molecule has 2 aromatic carbocycles. The lowest BCUT2D eigenvalue weighted by Gasteiger charge is -2.50. The number of alkyl halides is 3. The summed E-state index contributed by atoms with van der Waals surface area (Å²) >= 11 is 0. The van der Waals surface area contributed by atoms with Gasteiger partial charge in [-0.15, -0.1) is 13.2 Å². The van der Waals surface area contributed by atoms with Gasteiger partial charge in [0.15, 0.2) is 9.84 Å². The Labute approximate surface area is 214 Å². The number of benzene rings is 2. The van der Waals surface area contributed by atoms with Crippen molar-refractivity contribution in [2.75, 3.05) is 0 Å². The Kier molecular flexibility index (Phi) is 8.11. The molecule has 0 aromatic heterocycles. The normalized spacial score (nSPS) is 18.6. The van der Waals surface area contributed by atoms with Crippen molar-refractivity contribution in [1.82, 2.24) is 5.06 Å². The van der Waals surface area contributed by atoms with Crippen LogP contribution in [0.3, 0.4) is 0 Å². The number of sulfone groups is 1. The Balaban J connectivity index is 1.59. The molecule has 0 radical (unpaired) electrons. The molecule has 1 saturated heterocycles. The number of carbonyl (C=O) groups excluding carboxylic acids is 1. The van der Waals surface area contributed by atoms with Crippen molar-refractivity contribution in [3.8, 4) is 5.75 Å². The van der Waals surface area contributed by atoms with E-state index in [0.717, 1.165) is 17.5 Å². The molecule has 0 saturated carbocycles. The van der Waals surface area contributed by atoms with Crippen molar-refractivity contribution in [1.29, 1.82) is 0 Å². The van der Waals surface area contributed by atoms with E-state index in [4.69, 9.17) is 4.74 Å². The zero-order chi connectivity index (χ0) is 27.6. The molecule has 0 spiro atoms. The quantitative estimate of drug-likeness (QED) is 0.447. The van der Waals surface area contributed by atoms with Crippen molar-refractivity contribution < 1.29 is 41.1 Å². The lowest BCUT2D eigenvalue weighted by molar-refractivity contribution is -0.274. The van der Waals surface area contributed by atoms with E-state index in [1.807, 2.05) is 27.7 Å². The summed E-state index contributed by atoms with van der Waals surface area (Å²) in [6.07, 6.45) is -2.90. The Bertz CT molecular complexity index is 1220. The second-order valence-electron chi connectivity index (χ2n) is 10.3. The minimum atomic E-state index is -4.83. The average molecular weight is 542 g/mol. The number of halogens is 3. The van der Waals surface area contributed by atoms with Crippen LogP contribution in [0.2, 0.25) is 0 Å². The van der Waals surface area contributed by atoms with E-state index in [1.165, 1.54) is 35.4 Å². The number of hydrogen-bond donors (Lipinski definition) is 1. The van der Waals surface area contributed by atoms with Crippen LogP contribution in [0.1, 0.15) is 62.0 Å². The molecule has 37 heavy (non-hydrogen) atoms. The van der Waals surface area contributed by atoms with Gasteiger partial charge < -0.3 is 14.7 Å². The maximum absolute atomic E-state index is 12.7. The molecule has 1 N–H and O–H groups in total. The number of esters is 1. The van der Waals surface area contributed by atoms with Crippen LogP contribution in [-0.4, -0.2) is 48.2 Å². The van der Waals surface area contributed by atoms with Gasteiger partial charge in [-0.05, 0) is 69.2 Å². The van der Waals surface area contributed by atoms with Gasteiger partial charge in [-0.1, -0.05) is 24.3 Å². The summed E-state index contributed by atoms with van der Waals surface area (Å²) in [5, 5.41) is 12.7. The van der Waals surface area contributed by atoms with E-state index in [0.29, 0.717) is 29.5 Å². The fourth-order valence-corrected chi connectivity index (χ4v) is 5.58. The van der Waals surface area contributed by atoms with E-state index in [1.54, 1.807) is 12.1 Å². The maximum Gasteiger partial charge on any atom is 0.573 e. The van der Waals surface area contributed by atoms with Crippen LogP contribution in [0.5, 0.6) is 5.75 Å². The van der Waals surface area contributed by atoms with Gasteiger partial charge in [0, 0.05) is 29.3 Å². The summed E-state index contributed by atoms with van der Waals surface area (Å²) in [5.41, 5.74) is 0.0148. The van der Waals surface area contributed by atoms with Crippen LogP contribution < -0.4 is 4.74 Å². The maximum atomic E-state index is 12.7. The highest BCUT2D eigenvalue weighted by molar-refractivity contribution is 7.93. The molecular weight excluding hydrogens is 511 g/mol. The number of piperidine rings is 1. The molecular formula is C26H30F3NO6S. The van der Waals surface area contributed by atoms with Crippen LogP contribution >= 0.6 is 0 Å². The predicted molar refractivity (Wildman–Crippen MR) is 131 cm³/mol. The Morgan fingerprint density at radius 3 is 2.08 bits per heavy atom. The monoisotopic (exact) mass is 541 g/mol. The fourth-order valence-electron chi connectivity index (χ4n) is 4.46. The number of hydroxylamine groups is 2. The third-order valence-electron chi connectivity index (χ3n) is 6.01. The van der Waals surface area contributed by atoms with Gasteiger partial charge in [0.2, 0.25) is 0 Å². The zero-order valence-corrected chi connectivity index (χ0v) is 21.8. The van der Waals surface area contributed by atoms with Crippen molar-refractivity contribution in [3.63, 3.8) is 0 Å². The van der Waals surface area contributed by atoms with E-state index < -0.39 is 44.7 Å².